The average Bonchev–Trinajstić information content (AvgIpc) is 2.72. The third-order valence-corrected chi connectivity index (χ3v) is 4.24. The molecule has 170 valence electrons. The number of ether oxygens (including phenoxy) is 1. The summed E-state index contributed by atoms with van der Waals surface area (Å²) in [4.78, 5) is 23.7. The molecule has 1 atom stereocenters. The maximum atomic E-state index is 12.5. The van der Waals surface area contributed by atoms with Crippen LogP contribution in [0, 0.1) is 0 Å². The predicted molar refractivity (Wildman–Crippen MR) is 114 cm³/mol. The van der Waals surface area contributed by atoms with Gasteiger partial charge in [-0.05, 0) is 49.1 Å². The lowest BCUT2D eigenvalue weighted by Crippen LogP contribution is -2.35. The number of amides is 2. The normalized spacial score (nSPS) is 11.7. The lowest BCUT2D eigenvalue weighted by atomic mass is 10.1. The van der Waals surface area contributed by atoms with Gasteiger partial charge in [-0.3, -0.25) is 4.79 Å². The van der Waals surface area contributed by atoms with E-state index in [9.17, 15) is 22.8 Å². The number of alkyl halides is 3. The minimum Gasteiger partial charge on any atom is -0.445 e. The summed E-state index contributed by atoms with van der Waals surface area (Å²) in [5.41, 5.74) is 6.15. The second-order valence-corrected chi connectivity index (χ2v) is 6.66. The monoisotopic (exact) mass is 459 g/mol. The van der Waals surface area contributed by atoms with Crippen molar-refractivity contribution in [3.63, 3.8) is 0 Å². The molecular weight excluding hydrogens is 435 g/mol. The van der Waals surface area contributed by atoms with Gasteiger partial charge in [0.25, 0.3) is 0 Å². The van der Waals surface area contributed by atoms with Crippen molar-refractivity contribution in [2.24, 2.45) is 5.73 Å². The third kappa shape index (κ3) is 9.71. The molecule has 2 amide bonds. The number of hydrogen-bond acceptors (Lipinski definition) is 4. The smallest absolute Gasteiger partial charge is 0.416 e. The molecule has 0 heterocycles. The van der Waals surface area contributed by atoms with E-state index in [2.05, 4.69) is 10.6 Å². The van der Waals surface area contributed by atoms with E-state index in [-0.39, 0.29) is 24.7 Å². The van der Waals surface area contributed by atoms with E-state index in [1.165, 1.54) is 12.1 Å². The quantitative estimate of drug-likeness (QED) is 0.482. The van der Waals surface area contributed by atoms with Crippen molar-refractivity contribution in [2.45, 2.75) is 38.1 Å². The number of benzene rings is 2. The number of unbranched alkanes of at least 4 members (excludes halogenated alkanes) is 1. The van der Waals surface area contributed by atoms with Gasteiger partial charge in [0, 0.05) is 12.2 Å². The highest BCUT2D eigenvalue weighted by molar-refractivity contribution is 5.94. The number of carbonyl (C=O) groups is 2. The Morgan fingerprint density at radius 3 is 2.26 bits per heavy atom. The molecule has 2 aromatic rings. The highest BCUT2D eigenvalue weighted by Gasteiger charge is 2.30. The van der Waals surface area contributed by atoms with Gasteiger partial charge < -0.3 is 21.1 Å². The van der Waals surface area contributed by atoms with Crippen molar-refractivity contribution < 1.29 is 27.5 Å². The molecule has 0 saturated carbocycles. The van der Waals surface area contributed by atoms with Crippen LogP contribution in [0.2, 0.25) is 0 Å². The van der Waals surface area contributed by atoms with Gasteiger partial charge in [-0.15, -0.1) is 12.4 Å². The molecule has 2 rings (SSSR count). The zero-order chi connectivity index (χ0) is 22.0. The number of rotatable bonds is 9. The summed E-state index contributed by atoms with van der Waals surface area (Å²) in [5.74, 6) is -0.481. The van der Waals surface area contributed by atoms with E-state index in [4.69, 9.17) is 10.5 Å². The van der Waals surface area contributed by atoms with Gasteiger partial charge in [0.2, 0.25) is 5.91 Å². The van der Waals surface area contributed by atoms with Gasteiger partial charge in [-0.1, -0.05) is 30.3 Å². The summed E-state index contributed by atoms with van der Waals surface area (Å²) >= 11 is 0. The molecule has 0 spiro atoms. The molecule has 0 saturated heterocycles. The van der Waals surface area contributed by atoms with Crippen LogP contribution in [0.1, 0.15) is 30.4 Å². The lowest BCUT2D eigenvalue weighted by molar-refractivity contribution is -0.137. The van der Waals surface area contributed by atoms with Crippen LogP contribution in [0.5, 0.6) is 0 Å². The van der Waals surface area contributed by atoms with Crippen molar-refractivity contribution in [3.8, 4) is 0 Å². The van der Waals surface area contributed by atoms with Crippen molar-refractivity contribution in [3.05, 3.63) is 65.7 Å². The zero-order valence-corrected chi connectivity index (χ0v) is 17.5. The number of halogens is 4. The standard InChI is InChI=1S/C21H24F3N3O3.ClH/c22-21(23,24)16-9-11-17(12-10-16)27-19(28)18(25)8-4-5-13-26-20(29)30-14-15-6-2-1-3-7-15;/h1-3,6-7,9-12,18H,4-5,8,13-14,25H2,(H,26,29)(H,27,28);1H/t18-;/m0./s1. The molecule has 0 fully saturated rings. The second kappa shape index (κ2) is 12.8. The first kappa shape index (κ1) is 26.3. The first-order valence-electron chi connectivity index (χ1n) is 9.44. The van der Waals surface area contributed by atoms with Crippen molar-refractivity contribution >= 4 is 30.1 Å². The number of hydrogen-bond donors (Lipinski definition) is 3. The van der Waals surface area contributed by atoms with Crippen LogP contribution >= 0.6 is 12.4 Å². The van der Waals surface area contributed by atoms with Crippen molar-refractivity contribution in [1.82, 2.24) is 5.32 Å². The molecule has 10 heteroatoms. The molecular formula is C21H25ClF3N3O3. The number of carbonyl (C=O) groups excluding carboxylic acids is 2. The Kier molecular flexibility index (Phi) is 10.8. The molecule has 0 aliphatic carbocycles. The van der Waals surface area contributed by atoms with E-state index < -0.39 is 29.8 Å². The molecule has 0 aliphatic rings. The first-order chi connectivity index (χ1) is 14.3. The molecule has 2 aromatic carbocycles. The topological polar surface area (TPSA) is 93.4 Å². The Morgan fingerprint density at radius 1 is 1.00 bits per heavy atom. The zero-order valence-electron chi connectivity index (χ0n) is 16.7. The highest BCUT2D eigenvalue weighted by atomic mass is 35.5. The molecule has 0 bridgehead atoms. The minimum absolute atomic E-state index is 0. The van der Waals surface area contributed by atoms with Gasteiger partial charge in [0.05, 0.1) is 11.6 Å². The van der Waals surface area contributed by atoms with Crippen LogP contribution in [0.25, 0.3) is 0 Å². The molecule has 6 nitrogen and oxygen atoms in total. The van der Waals surface area contributed by atoms with Crippen LogP contribution in [-0.4, -0.2) is 24.6 Å². The highest BCUT2D eigenvalue weighted by Crippen LogP contribution is 2.29. The van der Waals surface area contributed by atoms with Gasteiger partial charge in [-0.2, -0.15) is 13.2 Å². The SMILES string of the molecule is Cl.N[C@@H](CCCCNC(=O)OCc1ccccc1)C(=O)Nc1ccc(C(F)(F)F)cc1. The summed E-state index contributed by atoms with van der Waals surface area (Å²) in [6.45, 7) is 0.558. The fourth-order valence-corrected chi connectivity index (χ4v) is 2.56. The summed E-state index contributed by atoms with van der Waals surface area (Å²) in [5, 5.41) is 5.11. The Morgan fingerprint density at radius 2 is 1.65 bits per heavy atom. The van der Waals surface area contributed by atoms with Crippen molar-refractivity contribution in [2.75, 3.05) is 11.9 Å². The molecule has 0 aromatic heterocycles. The lowest BCUT2D eigenvalue weighted by Gasteiger charge is -2.13. The number of anilines is 1. The molecule has 0 unspecified atom stereocenters. The fourth-order valence-electron chi connectivity index (χ4n) is 2.56. The molecule has 4 N–H and O–H groups in total. The van der Waals surface area contributed by atoms with Crippen LogP contribution in [0.15, 0.2) is 54.6 Å². The van der Waals surface area contributed by atoms with Crippen LogP contribution in [0.4, 0.5) is 23.7 Å². The second-order valence-electron chi connectivity index (χ2n) is 6.66. The third-order valence-electron chi connectivity index (χ3n) is 4.24. The number of nitrogens with one attached hydrogen (secondary N) is 2. The number of nitrogens with two attached hydrogens (primary N) is 1. The maximum absolute atomic E-state index is 12.5. The van der Waals surface area contributed by atoms with E-state index in [0.717, 1.165) is 17.7 Å². The summed E-state index contributed by atoms with van der Waals surface area (Å²) < 4.78 is 42.7. The van der Waals surface area contributed by atoms with Crippen LogP contribution in [-0.2, 0) is 22.3 Å². The molecule has 31 heavy (non-hydrogen) atoms. The van der Waals surface area contributed by atoms with Gasteiger partial charge >= 0.3 is 12.3 Å². The Hall–Kier alpha value is -2.78. The first-order valence-corrected chi connectivity index (χ1v) is 9.44. The Balaban J connectivity index is 0.00000480. The fraction of sp³-hybridized carbons (Fsp3) is 0.333. The van der Waals surface area contributed by atoms with E-state index in [0.29, 0.717) is 25.8 Å². The Bertz CT molecular complexity index is 818. The minimum atomic E-state index is -4.43. The number of alkyl carbamates (subject to hydrolysis) is 1. The van der Waals surface area contributed by atoms with E-state index in [1.54, 1.807) is 0 Å². The predicted octanol–water partition coefficient (Wildman–Crippen LogP) is 4.49. The summed E-state index contributed by atoms with van der Waals surface area (Å²) in [6, 6.07) is 12.6. The van der Waals surface area contributed by atoms with Gasteiger partial charge in [-0.25, -0.2) is 4.79 Å². The molecule has 0 aliphatic heterocycles. The van der Waals surface area contributed by atoms with Crippen LogP contribution < -0.4 is 16.4 Å². The summed E-state index contributed by atoms with van der Waals surface area (Å²) in [6.07, 6.45) is -3.40. The van der Waals surface area contributed by atoms with Gasteiger partial charge in [0.15, 0.2) is 0 Å². The van der Waals surface area contributed by atoms with E-state index in [1.807, 2.05) is 30.3 Å². The largest absolute Gasteiger partial charge is 0.445 e. The maximum Gasteiger partial charge on any atom is 0.416 e. The van der Waals surface area contributed by atoms with Gasteiger partial charge in [0.1, 0.15) is 6.61 Å². The van der Waals surface area contributed by atoms with Crippen molar-refractivity contribution in [1.29, 1.82) is 0 Å². The summed E-state index contributed by atoms with van der Waals surface area (Å²) in [7, 11) is 0. The van der Waals surface area contributed by atoms with Crippen LogP contribution in [0.3, 0.4) is 0 Å². The molecule has 0 radical (unpaired) electrons. The average molecular weight is 460 g/mol. The van der Waals surface area contributed by atoms with E-state index >= 15 is 0 Å². The Labute approximate surface area is 184 Å².